The van der Waals surface area contributed by atoms with E-state index in [0.717, 1.165) is 18.9 Å². The van der Waals surface area contributed by atoms with Crippen molar-refractivity contribution in [2.75, 3.05) is 19.7 Å². The molecule has 16 heavy (non-hydrogen) atoms. The Hall–Kier alpha value is -1.02. The second-order valence-electron chi connectivity index (χ2n) is 4.85. The summed E-state index contributed by atoms with van der Waals surface area (Å²) >= 11 is 0. The molecule has 1 aromatic rings. The predicted molar refractivity (Wildman–Crippen MR) is 67.0 cm³/mol. The quantitative estimate of drug-likeness (QED) is 0.844. The zero-order valence-corrected chi connectivity index (χ0v) is 10.3. The van der Waals surface area contributed by atoms with Crippen LogP contribution in [-0.4, -0.2) is 19.7 Å². The second-order valence-corrected chi connectivity index (χ2v) is 4.85. The molecule has 0 spiro atoms. The number of nitrogens with one attached hydrogen (secondary N) is 1. The number of hydrogen-bond donors (Lipinski definition) is 1. The Kier molecular flexibility index (Phi) is 3.83. The van der Waals surface area contributed by atoms with Crippen LogP contribution in [0.25, 0.3) is 0 Å². The Labute approximate surface area is 98.0 Å². The maximum absolute atomic E-state index is 5.87. The van der Waals surface area contributed by atoms with Crippen LogP contribution >= 0.6 is 0 Å². The maximum atomic E-state index is 5.87. The van der Waals surface area contributed by atoms with Gasteiger partial charge in [0.2, 0.25) is 0 Å². The monoisotopic (exact) mass is 219 g/mol. The molecular formula is C14H21NO. The lowest BCUT2D eigenvalue weighted by molar-refractivity contribution is 0.218. The third kappa shape index (κ3) is 3.24. The molecule has 2 nitrogen and oxygen atoms in total. The van der Waals surface area contributed by atoms with Crippen LogP contribution in [0.15, 0.2) is 18.2 Å². The molecule has 1 aliphatic rings. The van der Waals surface area contributed by atoms with E-state index in [2.05, 4.69) is 37.4 Å². The standard InChI is InChI=1S/C14H21NO/c1-11-6-12(2)8-14(7-11)16-10-13-4-3-5-15-9-13/h6-8,13,15H,3-5,9-10H2,1-2H3/t13-/m0/s1. The van der Waals surface area contributed by atoms with E-state index in [4.69, 9.17) is 4.74 Å². The van der Waals surface area contributed by atoms with Gasteiger partial charge in [0.05, 0.1) is 6.61 Å². The minimum Gasteiger partial charge on any atom is -0.493 e. The predicted octanol–water partition coefficient (Wildman–Crippen LogP) is 2.68. The summed E-state index contributed by atoms with van der Waals surface area (Å²) in [5.41, 5.74) is 2.55. The van der Waals surface area contributed by atoms with Crippen LogP contribution < -0.4 is 10.1 Å². The Balaban J connectivity index is 1.88. The summed E-state index contributed by atoms with van der Waals surface area (Å²) in [5.74, 6) is 1.69. The molecule has 2 rings (SSSR count). The molecular weight excluding hydrogens is 198 g/mol. The summed E-state index contributed by atoms with van der Waals surface area (Å²) in [7, 11) is 0. The fourth-order valence-electron chi connectivity index (χ4n) is 2.30. The van der Waals surface area contributed by atoms with Gasteiger partial charge in [0.25, 0.3) is 0 Å². The SMILES string of the molecule is Cc1cc(C)cc(OC[C@H]2CCCNC2)c1. The minimum atomic E-state index is 0.676. The molecule has 1 heterocycles. The number of aryl methyl sites for hydroxylation is 2. The first-order valence-corrected chi connectivity index (χ1v) is 6.16. The van der Waals surface area contributed by atoms with Gasteiger partial charge in [0.15, 0.2) is 0 Å². The third-order valence-electron chi connectivity index (χ3n) is 3.08. The molecule has 0 amide bonds. The average molecular weight is 219 g/mol. The van der Waals surface area contributed by atoms with Crippen molar-refractivity contribution >= 4 is 0 Å². The number of piperidine rings is 1. The largest absolute Gasteiger partial charge is 0.493 e. The summed E-state index contributed by atoms with van der Waals surface area (Å²) < 4.78 is 5.87. The smallest absolute Gasteiger partial charge is 0.119 e. The van der Waals surface area contributed by atoms with Crippen LogP contribution in [0.2, 0.25) is 0 Å². The van der Waals surface area contributed by atoms with Gasteiger partial charge in [0.1, 0.15) is 5.75 Å². The van der Waals surface area contributed by atoms with Crippen molar-refractivity contribution in [2.45, 2.75) is 26.7 Å². The highest BCUT2D eigenvalue weighted by molar-refractivity contribution is 5.32. The van der Waals surface area contributed by atoms with Gasteiger partial charge in [-0.3, -0.25) is 0 Å². The number of hydrogen-bond acceptors (Lipinski definition) is 2. The lowest BCUT2D eigenvalue weighted by Crippen LogP contribution is -2.33. The second kappa shape index (κ2) is 5.35. The third-order valence-corrected chi connectivity index (χ3v) is 3.08. The molecule has 1 aromatic carbocycles. The van der Waals surface area contributed by atoms with Crippen molar-refractivity contribution in [3.63, 3.8) is 0 Å². The topological polar surface area (TPSA) is 21.3 Å². The van der Waals surface area contributed by atoms with Gasteiger partial charge in [-0.1, -0.05) is 6.07 Å². The molecule has 0 unspecified atom stereocenters. The first kappa shape index (κ1) is 11.5. The normalized spacial score (nSPS) is 20.8. The van der Waals surface area contributed by atoms with Gasteiger partial charge in [-0.25, -0.2) is 0 Å². The first-order valence-electron chi connectivity index (χ1n) is 6.16. The molecule has 88 valence electrons. The molecule has 0 radical (unpaired) electrons. The Morgan fingerprint density at radius 1 is 1.25 bits per heavy atom. The summed E-state index contributed by atoms with van der Waals surface area (Å²) in [5, 5.41) is 3.41. The Bertz CT molecular complexity index is 322. The number of ether oxygens (including phenoxy) is 1. The lowest BCUT2D eigenvalue weighted by Gasteiger charge is -2.22. The summed E-state index contributed by atoms with van der Waals surface area (Å²) in [4.78, 5) is 0. The molecule has 2 heteroatoms. The zero-order valence-electron chi connectivity index (χ0n) is 10.3. The van der Waals surface area contributed by atoms with Gasteiger partial charge in [-0.2, -0.15) is 0 Å². The molecule has 0 aromatic heterocycles. The summed E-state index contributed by atoms with van der Waals surface area (Å²) in [6.07, 6.45) is 2.57. The molecule has 1 N–H and O–H groups in total. The van der Waals surface area contributed by atoms with Gasteiger partial charge in [0, 0.05) is 12.5 Å². The number of benzene rings is 1. The molecule has 0 aliphatic carbocycles. The van der Waals surface area contributed by atoms with Crippen molar-refractivity contribution in [1.82, 2.24) is 5.32 Å². The zero-order chi connectivity index (χ0) is 11.4. The van der Waals surface area contributed by atoms with Crippen LogP contribution in [0.1, 0.15) is 24.0 Å². The van der Waals surface area contributed by atoms with E-state index in [1.54, 1.807) is 0 Å². The highest BCUT2D eigenvalue weighted by atomic mass is 16.5. The summed E-state index contributed by atoms with van der Waals surface area (Å²) in [6.45, 7) is 7.34. The highest BCUT2D eigenvalue weighted by Crippen LogP contribution is 2.18. The van der Waals surface area contributed by atoms with E-state index >= 15 is 0 Å². The lowest BCUT2D eigenvalue weighted by atomic mass is 10.0. The fourth-order valence-corrected chi connectivity index (χ4v) is 2.30. The van der Waals surface area contributed by atoms with Gasteiger partial charge < -0.3 is 10.1 Å². The molecule has 1 aliphatic heterocycles. The molecule has 0 bridgehead atoms. The molecule has 1 fully saturated rings. The van der Waals surface area contributed by atoms with E-state index in [1.807, 2.05) is 0 Å². The van der Waals surface area contributed by atoms with Crippen molar-refractivity contribution in [3.8, 4) is 5.75 Å². The fraction of sp³-hybridized carbons (Fsp3) is 0.571. The van der Waals surface area contributed by atoms with Crippen LogP contribution in [0.5, 0.6) is 5.75 Å². The average Bonchev–Trinajstić information content (AvgIpc) is 2.27. The Morgan fingerprint density at radius 3 is 2.62 bits per heavy atom. The highest BCUT2D eigenvalue weighted by Gasteiger charge is 2.13. The number of rotatable bonds is 3. The van der Waals surface area contributed by atoms with Gasteiger partial charge in [-0.15, -0.1) is 0 Å². The van der Waals surface area contributed by atoms with Gasteiger partial charge >= 0.3 is 0 Å². The van der Waals surface area contributed by atoms with E-state index in [0.29, 0.717) is 5.92 Å². The van der Waals surface area contributed by atoms with Crippen LogP contribution in [-0.2, 0) is 0 Å². The molecule has 1 saturated heterocycles. The van der Waals surface area contributed by atoms with Crippen molar-refractivity contribution in [1.29, 1.82) is 0 Å². The van der Waals surface area contributed by atoms with Crippen molar-refractivity contribution in [3.05, 3.63) is 29.3 Å². The van der Waals surface area contributed by atoms with E-state index in [-0.39, 0.29) is 0 Å². The first-order chi connectivity index (χ1) is 7.74. The molecule has 0 saturated carbocycles. The van der Waals surface area contributed by atoms with E-state index in [9.17, 15) is 0 Å². The van der Waals surface area contributed by atoms with Crippen molar-refractivity contribution in [2.24, 2.45) is 5.92 Å². The van der Waals surface area contributed by atoms with Gasteiger partial charge in [-0.05, 0) is 56.5 Å². The Morgan fingerprint density at radius 2 is 2.00 bits per heavy atom. The summed E-state index contributed by atoms with van der Waals surface area (Å²) in [6, 6.07) is 6.40. The van der Waals surface area contributed by atoms with Crippen LogP contribution in [0.4, 0.5) is 0 Å². The van der Waals surface area contributed by atoms with E-state index < -0.39 is 0 Å². The van der Waals surface area contributed by atoms with Crippen LogP contribution in [0.3, 0.4) is 0 Å². The minimum absolute atomic E-state index is 0.676. The maximum Gasteiger partial charge on any atom is 0.119 e. The van der Waals surface area contributed by atoms with Crippen molar-refractivity contribution < 1.29 is 4.74 Å². The molecule has 1 atom stereocenters. The van der Waals surface area contributed by atoms with E-state index in [1.165, 1.54) is 30.5 Å². The van der Waals surface area contributed by atoms with Crippen LogP contribution in [0, 0.1) is 19.8 Å².